The van der Waals surface area contributed by atoms with E-state index in [0.29, 0.717) is 10.6 Å². The highest BCUT2D eigenvalue weighted by Crippen LogP contribution is 2.38. The number of amides is 1. The quantitative estimate of drug-likeness (QED) is 0.585. The minimum atomic E-state index is -3.69. The summed E-state index contributed by atoms with van der Waals surface area (Å²) < 4.78 is 41.5. The lowest BCUT2D eigenvalue weighted by molar-refractivity contribution is 0.0895. The van der Waals surface area contributed by atoms with E-state index in [1.807, 2.05) is 6.92 Å². The van der Waals surface area contributed by atoms with Crippen molar-refractivity contribution in [3.05, 3.63) is 81.0 Å². The molecular weight excluding hydrogens is 461 g/mol. The lowest BCUT2D eigenvalue weighted by Gasteiger charge is -2.48. The van der Waals surface area contributed by atoms with Gasteiger partial charge in [-0.05, 0) is 48.2 Å². The summed E-state index contributed by atoms with van der Waals surface area (Å²) in [5.41, 5.74) is 0.358. The number of aromatic nitrogens is 1. The molecule has 162 valence electrons. The van der Waals surface area contributed by atoms with E-state index < -0.39 is 27.2 Å². The van der Waals surface area contributed by atoms with E-state index in [1.54, 1.807) is 29.0 Å². The molecule has 2 aromatic heterocycles. The van der Waals surface area contributed by atoms with E-state index in [-0.39, 0.29) is 30.2 Å². The first-order valence-corrected chi connectivity index (χ1v) is 12.2. The monoisotopic (exact) mass is 479 g/mol. The topological polar surface area (TPSA) is 79.4 Å². The fraction of sp³-hybridized carbons (Fsp3) is 0.238. The number of benzene rings is 1. The molecule has 0 aliphatic carbocycles. The fourth-order valence-corrected chi connectivity index (χ4v) is 6.57. The van der Waals surface area contributed by atoms with Gasteiger partial charge in [-0.3, -0.25) is 9.78 Å². The molecule has 0 saturated carbocycles. The average molecular weight is 480 g/mol. The summed E-state index contributed by atoms with van der Waals surface area (Å²) in [6, 6.07) is 9.35. The predicted octanol–water partition coefficient (Wildman–Crippen LogP) is 3.62. The van der Waals surface area contributed by atoms with Crippen molar-refractivity contribution < 1.29 is 17.6 Å². The van der Waals surface area contributed by atoms with Crippen LogP contribution in [0.4, 0.5) is 4.39 Å². The van der Waals surface area contributed by atoms with Gasteiger partial charge in [0.1, 0.15) is 5.82 Å². The van der Waals surface area contributed by atoms with Gasteiger partial charge in [0.15, 0.2) is 0 Å². The molecule has 31 heavy (non-hydrogen) atoms. The molecule has 1 aliphatic rings. The number of rotatable bonds is 6. The van der Waals surface area contributed by atoms with Crippen molar-refractivity contribution in [1.82, 2.24) is 14.6 Å². The Balaban J connectivity index is 1.58. The summed E-state index contributed by atoms with van der Waals surface area (Å²) in [4.78, 5) is 17.1. The molecule has 1 amide bonds. The second kappa shape index (κ2) is 8.31. The van der Waals surface area contributed by atoms with E-state index in [2.05, 4.69) is 10.3 Å². The number of nitrogens with zero attached hydrogens (tertiary/aromatic N) is 2. The van der Waals surface area contributed by atoms with E-state index in [9.17, 15) is 17.6 Å². The Morgan fingerprint density at radius 2 is 2.10 bits per heavy atom. The maximum atomic E-state index is 14.6. The van der Waals surface area contributed by atoms with Crippen molar-refractivity contribution in [2.24, 2.45) is 0 Å². The highest BCUT2D eigenvalue weighted by molar-refractivity contribution is 7.89. The number of halogens is 2. The number of hydrogen-bond acceptors (Lipinski definition) is 5. The minimum Gasteiger partial charge on any atom is -0.351 e. The molecule has 0 unspecified atom stereocenters. The number of aryl methyl sites for hydroxylation is 1. The Morgan fingerprint density at radius 1 is 1.32 bits per heavy atom. The summed E-state index contributed by atoms with van der Waals surface area (Å²) in [5, 5.41) is 6.33. The molecule has 4 rings (SSSR count). The van der Waals surface area contributed by atoms with Gasteiger partial charge in [0, 0.05) is 31.2 Å². The Labute approximate surface area is 188 Å². The number of sulfonamides is 1. The zero-order valence-electron chi connectivity index (χ0n) is 16.5. The largest absolute Gasteiger partial charge is 0.351 e. The first-order chi connectivity index (χ1) is 14.7. The fourth-order valence-electron chi connectivity index (χ4n) is 3.62. The Hall–Kier alpha value is -2.33. The molecule has 0 atom stereocenters. The Bertz CT molecular complexity index is 1230. The third-order valence-corrected chi connectivity index (χ3v) is 8.24. The van der Waals surface area contributed by atoms with Crippen LogP contribution in [-0.4, -0.2) is 43.2 Å². The molecule has 0 spiro atoms. The average Bonchev–Trinajstić information content (AvgIpc) is 3.23. The maximum absolute atomic E-state index is 14.6. The first kappa shape index (κ1) is 21.9. The Kier molecular flexibility index (Phi) is 5.87. The van der Waals surface area contributed by atoms with Gasteiger partial charge < -0.3 is 5.32 Å². The van der Waals surface area contributed by atoms with Crippen LogP contribution < -0.4 is 5.32 Å². The highest BCUT2D eigenvalue weighted by Gasteiger charge is 2.52. The van der Waals surface area contributed by atoms with Gasteiger partial charge in [-0.15, -0.1) is 0 Å². The summed E-state index contributed by atoms with van der Waals surface area (Å²) in [6.45, 7) is 1.88. The standard InChI is InChI=1S/C21H19ClFN3O3S2/c1-14-4-5-16(17(22)9-14)20(27)25-11-21(19-18(23)3-2-7-24-19)12-26(13-21)31(28,29)15-6-8-30-10-15/h2-10H,11-13H2,1H3,(H,25,27). The predicted molar refractivity (Wildman–Crippen MR) is 117 cm³/mol. The first-order valence-electron chi connectivity index (χ1n) is 9.41. The minimum absolute atomic E-state index is 0.00102. The summed E-state index contributed by atoms with van der Waals surface area (Å²) in [6.07, 6.45) is 1.45. The number of carbonyl (C=O) groups excluding carboxylic acids is 1. The lowest BCUT2D eigenvalue weighted by Crippen LogP contribution is -2.65. The second-order valence-electron chi connectivity index (χ2n) is 7.51. The van der Waals surface area contributed by atoms with E-state index in [1.165, 1.54) is 40.0 Å². The zero-order valence-corrected chi connectivity index (χ0v) is 18.9. The molecule has 6 nitrogen and oxygen atoms in total. The van der Waals surface area contributed by atoms with Crippen LogP contribution in [0.5, 0.6) is 0 Å². The number of nitrogens with one attached hydrogen (secondary N) is 1. The number of hydrogen-bond donors (Lipinski definition) is 1. The SMILES string of the molecule is Cc1ccc(C(=O)NCC2(c3ncccc3F)CN(S(=O)(=O)c3ccsc3)C2)c(Cl)c1. The van der Waals surface area contributed by atoms with E-state index in [0.717, 1.165) is 5.56 Å². The molecule has 1 saturated heterocycles. The second-order valence-corrected chi connectivity index (χ2v) is 10.6. The number of thiophene rings is 1. The van der Waals surface area contributed by atoms with Crippen molar-refractivity contribution >= 4 is 38.9 Å². The summed E-state index contributed by atoms with van der Waals surface area (Å²) in [7, 11) is -3.69. The number of pyridine rings is 1. The van der Waals surface area contributed by atoms with E-state index in [4.69, 9.17) is 11.6 Å². The highest BCUT2D eigenvalue weighted by atomic mass is 35.5. The van der Waals surface area contributed by atoms with Crippen LogP contribution in [0.25, 0.3) is 0 Å². The van der Waals surface area contributed by atoms with Crippen molar-refractivity contribution in [1.29, 1.82) is 0 Å². The molecule has 1 aliphatic heterocycles. The molecular formula is C21H19ClFN3O3S2. The molecule has 10 heteroatoms. The van der Waals surface area contributed by atoms with Gasteiger partial charge in [0.2, 0.25) is 10.0 Å². The molecule has 0 bridgehead atoms. The van der Waals surface area contributed by atoms with Gasteiger partial charge in [-0.2, -0.15) is 15.6 Å². The van der Waals surface area contributed by atoms with Gasteiger partial charge in [0.25, 0.3) is 5.91 Å². The van der Waals surface area contributed by atoms with Crippen LogP contribution in [0.15, 0.2) is 58.3 Å². The number of carbonyl (C=O) groups is 1. The normalized spacial score (nSPS) is 16.0. The zero-order chi connectivity index (χ0) is 22.2. The van der Waals surface area contributed by atoms with Crippen LogP contribution in [0.3, 0.4) is 0 Å². The third kappa shape index (κ3) is 4.10. The van der Waals surface area contributed by atoms with Crippen molar-refractivity contribution in [2.75, 3.05) is 19.6 Å². The van der Waals surface area contributed by atoms with Crippen LogP contribution >= 0.6 is 22.9 Å². The van der Waals surface area contributed by atoms with Crippen LogP contribution in [0, 0.1) is 12.7 Å². The lowest BCUT2D eigenvalue weighted by atomic mass is 9.77. The van der Waals surface area contributed by atoms with Crippen LogP contribution in [0.1, 0.15) is 21.6 Å². The van der Waals surface area contributed by atoms with Crippen molar-refractivity contribution in [3.8, 4) is 0 Å². The molecule has 0 radical (unpaired) electrons. The maximum Gasteiger partial charge on any atom is 0.252 e. The van der Waals surface area contributed by atoms with Crippen LogP contribution in [-0.2, 0) is 15.4 Å². The molecule has 3 aromatic rings. The molecule has 1 N–H and O–H groups in total. The summed E-state index contributed by atoms with van der Waals surface area (Å²) >= 11 is 7.47. The third-order valence-electron chi connectivity index (χ3n) is 5.31. The van der Waals surface area contributed by atoms with Gasteiger partial charge in [-0.1, -0.05) is 17.7 Å². The van der Waals surface area contributed by atoms with Crippen molar-refractivity contribution in [2.45, 2.75) is 17.2 Å². The molecule has 1 aromatic carbocycles. The van der Waals surface area contributed by atoms with Crippen molar-refractivity contribution in [3.63, 3.8) is 0 Å². The van der Waals surface area contributed by atoms with Gasteiger partial charge in [-0.25, -0.2) is 12.8 Å². The summed E-state index contributed by atoms with van der Waals surface area (Å²) in [5.74, 6) is -0.961. The smallest absolute Gasteiger partial charge is 0.252 e. The Morgan fingerprint density at radius 3 is 2.74 bits per heavy atom. The van der Waals surface area contributed by atoms with Gasteiger partial charge >= 0.3 is 0 Å². The van der Waals surface area contributed by atoms with E-state index >= 15 is 0 Å². The van der Waals surface area contributed by atoms with Gasteiger partial charge in [0.05, 0.1) is 26.6 Å². The molecule has 3 heterocycles. The van der Waals surface area contributed by atoms with Crippen LogP contribution in [0.2, 0.25) is 5.02 Å². The molecule has 1 fully saturated rings.